The van der Waals surface area contributed by atoms with Crippen molar-refractivity contribution < 1.29 is 0 Å². The van der Waals surface area contributed by atoms with Crippen molar-refractivity contribution in [2.45, 2.75) is 45.7 Å². The van der Waals surface area contributed by atoms with Gasteiger partial charge in [0, 0.05) is 33.8 Å². The van der Waals surface area contributed by atoms with Crippen molar-refractivity contribution in [2.75, 3.05) is 9.80 Å². The molecule has 0 amide bonds. The van der Waals surface area contributed by atoms with Crippen LogP contribution in [0.15, 0.2) is 97.7 Å². The first-order chi connectivity index (χ1) is 17.1. The lowest BCUT2D eigenvalue weighted by molar-refractivity contribution is 0.153. The van der Waals surface area contributed by atoms with Crippen LogP contribution in [-0.4, -0.2) is 11.1 Å². The van der Waals surface area contributed by atoms with Crippen molar-refractivity contribution in [3.8, 4) is 0 Å². The molecule has 0 spiro atoms. The molecule has 0 saturated carbocycles. The zero-order valence-electron chi connectivity index (χ0n) is 20.9. The fourth-order valence-electron chi connectivity index (χ4n) is 6.77. The van der Waals surface area contributed by atoms with Gasteiger partial charge < -0.3 is 9.80 Å². The number of para-hydroxylation sites is 2. The van der Waals surface area contributed by atoms with Gasteiger partial charge in [0.25, 0.3) is 0 Å². The lowest BCUT2D eigenvalue weighted by Crippen LogP contribution is -2.52. The van der Waals surface area contributed by atoms with Crippen LogP contribution in [0.2, 0.25) is 0 Å². The van der Waals surface area contributed by atoms with Crippen molar-refractivity contribution >= 4 is 33.7 Å². The molecule has 0 aliphatic carbocycles. The van der Waals surface area contributed by atoms with Gasteiger partial charge in [0.2, 0.25) is 0 Å². The molecule has 6 rings (SSSR count). The van der Waals surface area contributed by atoms with Gasteiger partial charge in [0.05, 0.1) is 5.69 Å². The lowest BCUT2D eigenvalue weighted by atomic mass is 9.65. The fourth-order valence-corrected chi connectivity index (χ4v) is 6.77. The van der Waals surface area contributed by atoms with E-state index in [0.717, 1.165) is 18.7 Å². The Bertz CT molecular complexity index is 1390. The summed E-state index contributed by atoms with van der Waals surface area (Å²) in [6.07, 6.45) is 6.45. The second-order valence-corrected chi connectivity index (χ2v) is 10.2. The Morgan fingerprint density at radius 3 is 2.37 bits per heavy atom. The highest BCUT2D eigenvalue weighted by Gasteiger charge is 2.55. The number of hydrogen-bond acceptors (Lipinski definition) is 3. The topological polar surface area (TPSA) is 19.4 Å². The third-order valence-electron chi connectivity index (χ3n) is 8.58. The first-order valence-electron chi connectivity index (χ1n) is 12.9. The van der Waals surface area contributed by atoms with Gasteiger partial charge in [-0.1, -0.05) is 87.5 Å². The number of nitrogens with zero attached hydrogens (tertiary/aromatic N) is 3. The molecule has 1 aromatic heterocycles. The molecule has 3 heteroatoms. The molecule has 4 unspecified atom stereocenters. The Kier molecular flexibility index (Phi) is 5.17. The van der Waals surface area contributed by atoms with Gasteiger partial charge in [-0.25, -0.2) is 4.98 Å². The zero-order chi connectivity index (χ0) is 24.2. The second-order valence-electron chi connectivity index (χ2n) is 10.2. The highest BCUT2D eigenvalue weighted by atomic mass is 15.5. The number of hydrogen-bond donors (Lipinski definition) is 0. The Labute approximate surface area is 208 Å². The van der Waals surface area contributed by atoms with Crippen LogP contribution >= 0.6 is 0 Å². The first-order valence-corrected chi connectivity index (χ1v) is 12.9. The predicted octanol–water partition coefficient (Wildman–Crippen LogP) is 8.58. The van der Waals surface area contributed by atoms with Crippen molar-refractivity contribution in [1.82, 2.24) is 4.98 Å². The number of allylic oxidation sites excluding steroid dienone is 1. The number of pyridine rings is 1. The third-order valence-corrected chi connectivity index (χ3v) is 8.58. The van der Waals surface area contributed by atoms with Gasteiger partial charge in [-0.05, 0) is 48.4 Å². The second kappa shape index (κ2) is 8.27. The Balaban J connectivity index is 1.75. The summed E-state index contributed by atoms with van der Waals surface area (Å²) in [6, 6.07) is 28.5. The highest BCUT2D eigenvalue weighted by Crippen LogP contribution is 2.61. The molecular weight excluding hydrogens is 426 g/mol. The summed E-state index contributed by atoms with van der Waals surface area (Å²) in [6.45, 7) is 11.5. The van der Waals surface area contributed by atoms with Crippen molar-refractivity contribution in [1.29, 1.82) is 0 Å². The zero-order valence-corrected chi connectivity index (χ0v) is 20.9. The third kappa shape index (κ3) is 3.00. The van der Waals surface area contributed by atoms with Crippen molar-refractivity contribution in [3.63, 3.8) is 0 Å². The number of aromatic nitrogens is 1. The Morgan fingerprint density at radius 2 is 1.63 bits per heavy atom. The minimum Gasteiger partial charge on any atom is -0.316 e. The van der Waals surface area contributed by atoms with Gasteiger partial charge in [-0.2, -0.15) is 0 Å². The van der Waals surface area contributed by atoms with E-state index in [4.69, 9.17) is 4.98 Å². The molecule has 35 heavy (non-hydrogen) atoms. The fraction of sp³-hybridized carbons (Fsp3) is 0.281. The van der Waals surface area contributed by atoms with E-state index in [2.05, 4.69) is 122 Å². The van der Waals surface area contributed by atoms with Crippen LogP contribution in [-0.2, 0) is 0 Å². The van der Waals surface area contributed by atoms with Crippen LogP contribution in [0, 0.1) is 11.3 Å². The monoisotopic (exact) mass is 459 g/mol. The molecule has 176 valence electrons. The van der Waals surface area contributed by atoms with Gasteiger partial charge in [0.15, 0.2) is 5.82 Å². The molecule has 0 N–H and O–H groups in total. The van der Waals surface area contributed by atoms with Crippen LogP contribution < -0.4 is 9.80 Å². The number of fused-ring (bicyclic) bond motifs is 7. The van der Waals surface area contributed by atoms with Crippen LogP contribution in [0.1, 0.15) is 45.1 Å². The average Bonchev–Trinajstić information content (AvgIpc) is 3.24. The lowest BCUT2D eigenvalue weighted by Gasteiger charge is -2.47. The van der Waals surface area contributed by atoms with E-state index in [-0.39, 0.29) is 11.6 Å². The normalized spacial score (nSPS) is 25.1. The minimum atomic E-state index is -0.0703. The standard InChI is InChI=1S/C32H33N3/c1-5-24-26-19-13-14-20-28(26)35-30-29(25-18-12-11-15-22(25)21-33-30)34(23-16-9-8-10-17-23)31(35)32(4,7-3)27(24)6-2/h6,8-21,24,27,31H,2,5,7H2,1,3-4H3. The van der Waals surface area contributed by atoms with Gasteiger partial charge in [0.1, 0.15) is 6.17 Å². The number of rotatable bonds is 4. The SMILES string of the molecule is C=CC1C(CC)c2ccccc2N2c3ncc4ccccc4c3N(c3ccccc3)C2C1(C)CC. The van der Waals surface area contributed by atoms with Gasteiger partial charge in [-0.3, -0.25) is 0 Å². The molecular formula is C32H33N3. The Morgan fingerprint density at radius 1 is 0.914 bits per heavy atom. The molecule has 2 aliphatic heterocycles. The summed E-state index contributed by atoms with van der Waals surface area (Å²) in [7, 11) is 0. The molecule has 2 aliphatic rings. The summed E-state index contributed by atoms with van der Waals surface area (Å²) in [4.78, 5) is 10.3. The van der Waals surface area contributed by atoms with E-state index < -0.39 is 0 Å². The van der Waals surface area contributed by atoms with Crippen LogP contribution in [0.4, 0.5) is 22.9 Å². The predicted molar refractivity (Wildman–Crippen MR) is 148 cm³/mol. The maximum atomic E-state index is 5.15. The molecule has 4 aromatic rings. The molecule has 3 nitrogen and oxygen atoms in total. The van der Waals surface area contributed by atoms with E-state index in [9.17, 15) is 0 Å². The van der Waals surface area contributed by atoms with E-state index in [1.807, 2.05) is 6.20 Å². The summed E-state index contributed by atoms with van der Waals surface area (Å²) in [5, 5.41) is 2.41. The molecule has 0 bridgehead atoms. The average molecular weight is 460 g/mol. The summed E-state index contributed by atoms with van der Waals surface area (Å²) in [5.74, 6) is 1.77. The molecule has 0 saturated heterocycles. The van der Waals surface area contributed by atoms with E-state index in [0.29, 0.717) is 11.8 Å². The minimum absolute atomic E-state index is 0.0703. The maximum absolute atomic E-state index is 5.15. The first kappa shape index (κ1) is 21.9. The number of benzene rings is 3. The smallest absolute Gasteiger partial charge is 0.159 e. The van der Waals surface area contributed by atoms with E-state index >= 15 is 0 Å². The van der Waals surface area contributed by atoms with Gasteiger partial charge in [-0.15, -0.1) is 6.58 Å². The van der Waals surface area contributed by atoms with E-state index in [1.165, 1.54) is 33.4 Å². The molecule has 4 atom stereocenters. The van der Waals surface area contributed by atoms with Crippen LogP contribution in [0.3, 0.4) is 0 Å². The van der Waals surface area contributed by atoms with Crippen molar-refractivity contribution in [2.24, 2.45) is 11.3 Å². The Hall–Kier alpha value is -3.59. The maximum Gasteiger partial charge on any atom is 0.159 e. The number of anilines is 4. The summed E-state index contributed by atoms with van der Waals surface area (Å²) >= 11 is 0. The summed E-state index contributed by atoms with van der Waals surface area (Å²) in [5.41, 5.74) is 5.01. The molecule has 0 fully saturated rings. The largest absolute Gasteiger partial charge is 0.316 e. The van der Waals surface area contributed by atoms with Crippen LogP contribution in [0.5, 0.6) is 0 Å². The molecule has 0 radical (unpaired) electrons. The molecule has 3 heterocycles. The summed E-state index contributed by atoms with van der Waals surface area (Å²) < 4.78 is 0. The van der Waals surface area contributed by atoms with Gasteiger partial charge >= 0.3 is 0 Å². The van der Waals surface area contributed by atoms with Crippen LogP contribution in [0.25, 0.3) is 10.8 Å². The highest BCUT2D eigenvalue weighted by molar-refractivity contribution is 6.05. The molecule has 3 aromatic carbocycles. The van der Waals surface area contributed by atoms with Crippen molar-refractivity contribution in [3.05, 3.63) is 103 Å². The quantitative estimate of drug-likeness (QED) is 0.285. The van der Waals surface area contributed by atoms with E-state index in [1.54, 1.807) is 0 Å².